The van der Waals surface area contributed by atoms with Gasteiger partial charge in [-0.1, -0.05) is 24.4 Å². The molecule has 788 valence electrons. The monoisotopic (exact) mass is 2380 g/mol. The van der Waals surface area contributed by atoms with E-state index in [0.717, 1.165) is 71.3 Å². The molecular formula is C52H68Cl4N20O52P12S2. The number of aromatic amines is 2. The van der Waals surface area contributed by atoms with E-state index in [1.165, 1.54) is 12.4 Å². The van der Waals surface area contributed by atoms with Gasteiger partial charge < -0.3 is 171 Å². The van der Waals surface area contributed by atoms with Crippen molar-refractivity contribution in [2.75, 3.05) is 22.9 Å². The summed E-state index contributed by atoms with van der Waals surface area (Å²) in [5.74, 6) is 8.07. The number of ether oxygens (including phenoxy) is 4. The van der Waals surface area contributed by atoms with Gasteiger partial charge in [-0.2, -0.15) is 44.5 Å². The maximum Gasteiger partial charge on any atom is 0.490 e. The van der Waals surface area contributed by atoms with Crippen LogP contribution in [0.4, 0.5) is 23.8 Å². The van der Waals surface area contributed by atoms with Crippen LogP contribution in [0.3, 0.4) is 0 Å². The summed E-state index contributed by atoms with van der Waals surface area (Å²) in [5, 5.41) is 95.1. The highest BCUT2D eigenvalue weighted by atomic mass is 35.5. The second-order valence-corrected chi connectivity index (χ2v) is 47.1. The molecule has 0 saturated carbocycles. The molecule has 90 heteroatoms. The van der Waals surface area contributed by atoms with Gasteiger partial charge in [0.15, 0.2) is 57.4 Å². The normalized spacial score (nSPS) is 29.0. The van der Waals surface area contributed by atoms with Gasteiger partial charge in [-0.25, -0.2) is 94.7 Å². The van der Waals surface area contributed by atoms with Crippen LogP contribution >= 0.6 is 165 Å². The summed E-state index contributed by atoms with van der Waals surface area (Å²) in [6.07, 6.45) is -20.9. The third-order valence-corrected chi connectivity index (χ3v) is 34.7. The number of fused-ring (bicyclic) bond motifs is 4. The van der Waals surface area contributed by atoms with Gasteiger partial charge in [-0.05, 0) is 97.8 Å². The lowest BCUT2D eigenvalue weighted by atomic mass is 9.93. The second kappa shape index (κ2) is 44.5. The topological polar surface area (TPSA) is 1120 Å². The lowest BCUT2D eigenvalue weighted by Gasteiger charge is -2.27. The summed E-state index contributed by atoms with van der Waals surface area (Å²) in [6.45, 7) is 4.14. The highest BCUT2D eigenvalue weighted by molar-refractivity contribution is 7.72. The fourth-order valence-electron chi connectivity index (χ4n) is 12.9. The molecule has 12 unspecified atom stereocenters. The van der Waals surface area contributed by atoms with Crippen molar-refractivity contribution >= 4 is 233 Å². The number of nitrogens with one attached hydrogen (secondary N) is 2. The van der Waals surface area contributed by atoms with Crippen LogP contribution in [0.1, 0.15) is 52.6 Å². The predicted octanol–water partition coefficient (Wildman–Crippen LogP) is -1.36. The minimum atomic E-state index is -5.80. The first-order valence-corrected chi connectivity index (χ1v) is 56.5. The molecule has 8 aromatic heterocycles. The molecule has 0 spiro atoms. The maximum atomic E-state index is 12.2. The van der Waals surface area contributed by atoms with E-state index in [0.29, 0.717) is 0 Å². The molecule has 4 aliphatic heterocycles. The van der Waals surface area contributed by atoms with Crippen LogP contribution in [0.5, 0.6) is 0 Å². The summed E-state index contributed by atoms with van der Waals surface area (Å²) in [4.78, 5) is 190. The number of halogens is 4. The first kappa shape index (κ1) is 120. The third-order valence-electron chi connectivity index (χ3n) is 18.0. The van der Waals surface area contributed by atoms with Gasteiger partial charge in [-0.15, -0.1) is 0 Å². The summed E-state index contributed by atoms with van der Waals surface area (Å²) >= 11 is 31.9. The van der Waals surface area contributed by atoms with Gasteiger partial charge >= 0.3 is 93.9 Å². The number of H-pyrrole nitrogens is 2. The van der Waals surface area contributed by atoms with Crippen molar-refractivity contribution in [3.8, 4) is 45.2 Å². The number of aliphatic hydroxyl groups is 8. The number of hydrogen-bond acceptors (Lipinski definition) is 52. The summed E-state index contributed by atoms with van der Waals surface area (Å²) in [7, 11) is -68.0. The molecular weight excluding hydrogens is 2310 g/mol. The van der Waals surface area contributed by atoms with Crippen LogP contribution in [0.15, 0.2) is 37.7 Å². The molecule has 0 bridgehead atoms. The average Bonchev–Trinajstić information content (AvgIpc) is 1.60. The van der Waals surface area contributed by atoms with Gasteiger partial charge in [0.25, 0.3) is 0 Å². The first-order chi connectivity index (χ1) is 64.7. The molecule has 4 aliphatic rings. The molecule has 4 fully saturated rings. The number of rotatable bonds is 32. The molecule has 4 saturated heterocycles. The van der Waals surface area contributed by atoms with Gasteiger partial charge in [0, 0.05) is 21.5 Å². The zero-order chi connectivity index (χ0) is 107. The Morgan fingerprint density at radius 3 is 0.796 bits per heavy atom. The van der Waals surface area contributed by atoms with Crippen molar-refractivity contribution < 1.29 is 245 Å². The van der Waals surface area contributed by atoms with E-state index in [-0.39, 0.29) is 77.7 Å². The standard InChI is InChI=1S/2C13H17ClN5O13P3S.2C13H17ClN5O13P3/c2*1-5(30-34(25,26)32-35(27,28)31-33(22,23)24)7-8(20)13(21,2-3-14)11(29-7)19-4-16-6-9(19)17-12(15)18-10(6)36;2*1-6(30-34(25,26)32-35(27,28)31-33(22,23)24)8-9(20)13(21,2-3-14)11(29-8)19-5-17-7-4-16-12(15)18-10(7)19/h2*4-5,7-8,11,20-21H,1H3,(H,25,26)(H,27,28)(H2,22,23,24)(H3,15,17,18,36);2*4-6,8-9,11,20-21H,1H3,(H,25,26)(H,27,28)(H2,15,16,18)(H2,22,23,24)/t5-,7+,8-,11+,13?;5-,7-,8+,11-,13?;6-,8+,9-,11+,13?;6-,8-,9+,11-,13?/m0101/s1. The predicted molar refractivity (Wildman–Crippen MR) is 465 cm³/mol. The minimum Gasteiger partial charge on any atom is -0.386 e. The highest BCUT2D eigenvalue weighted by Crippen LogP contribution is 2.71. The number of phosphoric ester groups is 4. The molecule has 0 aliphatic carbocycles. The van der Waals surface area contributed by atoms with Gasteiger partial charge in [0.05, 0.1) is 62.1 Å². The zero-order valence-corrected chi connectivity index (χ0v) is 84.5. The second-order valence-electron chi connectivity index (χ2n) is 28.1. The fourth-order valence-corrected chi connectivity index (χ4v) is 26.8. The molecule has 72 nitrogen and oxygen atoms in total. The van der Waals surface area contributed by atoms with Crippen molar-refractivity contribution in [3.63, 3.8) is 0 Å². The van der Waals surface area contributed by atoms with Crippen LogP contribution < -0.4 is 22.9 Å². The Morgan fingerprint density at radius 1 is 0.359 bits per heavy atom. The Labute approximate surface area is 815 Å². The molecule has 12 heterocycles. The van der Waals surface area contributed by atoms with E-state index >= 15 is 0 Å². The molecule has 0 aromatic carbocycles. The molecule has 0 radical (unpaired) electrons. The number of hydrogen-bond donors (Lipinski definition) is 30. The van der Waals surface area contributed by atoms with E-state index < -0.39 is 214 Å². The van der Waals surface area contributed by atoms with Crippen molar-refractivity contribution in [2.45, 2.75) is 148 Å². The summed E-state index contributed by atoms with van der Waals surface area (Å²) in [6, 6.07) is 0. The van der Waals surface area contributed by atoms with E-state index in [9.17, 15) is 135 Å². The van der Waals surface area contributed by atoms with E-state index in [1.54, 1.807) is 0 Å². The number of nitrogens with two attached hydrogens (primary N) is 4. The van der Waals surface area contributed by atoms with Crippen LogP contribution in [0.2, 0.25) is 0 Å². The van der Waals surface area contributed by atoms with Crippen LogP contribution in [0, 0.1) is 54.5 Å². The molecule has 8 aromatic rings. The largest absolute Gasteiger partial charge is 0.490 e. The average molecular weight is 2380 g/mol. The molecule has 142 heavy (non-hydrogen) atoms. The lowest BCUT2D eigenvalue weighted by molar-refractivity contribution is -0.0832. The number of imidazole rings is 4. The highest BCUT2D eigenvalue weighted by Gasteiger charge is 2.64. The number of anilines is 4. The Bertz CT molecular complexity index is 6770. The number of aromatic nitrogens is 16. The van der Waals surface area contributed by atoms with Gasteiger partial charge in [-0.3, -0.25) is 36.4 Å². The number of nitrogens with zero attached hydrogens (tertiary/aromatic N) is 14. The molecule has 0 amide bonds. The Hall–Kier alpha value is -5.60. The molecule has 12 rings (SSSR count). The summed E-state index contributed by atoms with van der Waals surface area (Å²) < 4.78 is 213. The first-order valence-electron chi connectivity index (χ1n) is 36.1. The molecule has 34 N–H and O–H groups in total. The van der Waals surface area contributed by atoms with Crippen molar-refractivity contribution in [1.82, 2.24) is 78.1 Å². The van der Waals surface area contributed by atoms with E-state index in [2.05, 4.69) is 136 Å². The van der Waals surface area contributed by atoms with Crippen LogP contribution in [0.25, 0.3) is 44.7 Å². The fraction of sp³-hybridized carbons (Fsp3) is 0.462. The van der Waals surface area contributed by atoms with Gasteiger partial charge in [0.2, 0.25) is 34.3 Å². The number of nitrogen functional groups attached to an aromatic ring is 4. The lowest BCUT2D eigenvalue weighted by Crippen LogP contribution is -2.47. The quantitative estimate of drug-likeness (QED) is 0.0132. The number of phosphoric acid groups is 12. The Kier molecular flexibility index (Phi) is 37.6. The van der Waals surface area contributed by atoms with Crippen molar-refractivity contribution in [3.05, 3.63) is 47.0 Å². The maximum absolute atomic E-state index is 12.2. The zero-order valence-electron chi connectivity index (χ0n) is 69.1. The van der Waals surface area contributed by atoms with Gasteiger partial charge in [0.1, 0.15) is 82.2 Å². The SMILES string of the molecule is C[C@@H](OP(=O)(O)OP(=O)(O)OP(=O)(O)O)[C@H]1O[C@@H](n2cnc3c(=S)nc(N)[nH]c32)C(O)(C#CCl)[C@H]1O.C[C@@H](OP(=O)(O)OP(=O)(O)OP(=O)(O)O)[C@H]1O[C@@H](n2cnc3cnc(N)nc32)C(O)(C#CCl)[C@H]1O.C[C@H](OP(=O)(O)OP(=O)(O)OP(=O)(O)O)[C@H]1O[C@@H](n2cnc3c(=S)nc(N)[nH]c32)C(O)(C#CCl)[C@H]1O.C[C@H](OP(=O)(O)OP(=O)(O)OP(=O)(O)O)[C@H]1O[C@@H](n2cnc3cnc(N)nc32)C(O)(C#CCl)[C@H]1O. The Morgan fingerprint density at radius 2 is 0.577 bits per heavy atom. The minimum absolute atomic E-state index is 0.0110. The molecule has 28 atom stereocenters. The number of aliphatic hydroxyl groups excluding tert-OH is 4. The van der Waals surface area contributed by atoms with E-state index in [1.807, 2.05) is 21.5 Å². The van der Waals surface area contributed by atoms with E-state index in [4.69, 9.17) is 152 Å². The summed E-state index contributed by atoms with van der Waals surface area (Å²) in [5.41, 5.74) is 13.5. The van der Waals surface area contributed by atoms with Crippen LogP contribution in [-0.2, 0) is 126 Å². The van der Waals surface area contributed by atoms with Crippen LogP contribution in [-0.4, -0.2) is 293 Å². The smallest absolute Gasteiger partial charge is 0.386 e. The third kappa shape index (κ3) is 29.6. The van der Waals surface area contributed by atoms with Crippen molar-refractivity contribution in [2.24, 2.45) is 0 Å². The van der Waals surface area contributed by atoms with Crippen molar-refractivity contribution in [1.29, 1.82) is 0 Å². The Balaban J connectivity index is 0.000000211.